The van der Waals surface area contributed by atoms with Crippen LogP contribution in [0.15, 0.2) is 17.8 Å². The fraction of sp³-hybridized carbons (Fsp3) is 0.692. The molecule has 0 radical (unpaired) electrons. The van der Waals surface area contributed by atoms with Crippen molar-refractivity contribution in [1.29, 1.82) is 0 Å². The van der Waals surface area contributed by atoms with Gasteiger partial charge in [-0.3, -0.25) is 28.9 Å². The van der Waals surface area contributed by atoms with Gasteiger partial charge in [0.25, 0.3) is 5.91 Å². The number of halogens is 3. The molecule has 2 aromatic heterocycles. The molecule has 7 atom stereocenters. The highest BCUT2D eigenvalue weighted by Crippen LogP contribution is 2.39. The van der Waals surface area contributed by atoms with Crippen molar-refractivity contribution >= 4 is 41.0 Å². The molecule has 3 amide bonds. The number of alkyl halides is 3. The van der Waals surface area contributed by atoms with Crippen LogP contribution in [0.2, 0.25) is 0 Å². The second-order valence-electron chi connectivity index (χ2n) is 15.8. The van der Waals surface area contributed by atoms with Crippen LogP contribution in [0.4, 0.5) is 13.2 Å². The van der Waals surface area contributed by atoms with Crippen molar-refractivity contribution in [1.82, 2.24) is 35.4 Å². The summed E-state index contributed by atoms with van der Waals surface area (Å²) in [6.07, 6.45) is 0.546. The van der Waals surface area contributed by atoms with Crippen LogP contribution in [0.25, 0.3) is 0 Å². The Bertz CT molecular complexity index is 1710. The highest BCUT2D eigenvalue weighted by Gasteiger charge is 2.42. The van der Waals surface area contributed by atoms with Gasteiger partial charge in [0.05, 0.1) is 24.6 Å². The van der Waals surface area contributed by atoms with Crippen molar-refractivity contribution in [3.63, 3.8) is 0 Å². The number of hydrogen-bond acceptors (Lipinski definition) is 12. The predicted octanol–water partition coefficient (Wildman–Crippen LogP) is 4.98. The number of nitrogens with one attached hydrogen (secondary N) is 2. The Morgan fingerprint density at radius 2 is 1.68 bits per heavy atom. The first-order valence-corrected chi connectivity index (χ1v) is 20.3. The quantitative estimate of drug-likeness (QED) is 0.194. The third kappa shape index (κ3) is 12.6. The summed E-state index contributed by atoms with van der Waals surface area (Å²) in [5, 5.41) is 7.71. The maximum atomic E-state index is 14.4. The largest absolute Gasteiger partial charge is 0.469 e. The first-order valence-electron chi connectivity index (χ1n) is 19.5. The van der Waals surface area contributed by atoms with Crippen molar-refractivity contribution in [2.24, 2.45) is 23.7 Å². The first kappa shape index (κ1) is 45.5. The van der Waals surface area contributed by atoms with Gasteiger partial charge >= 0.3 is 18.1 Å². The van der Waals surface area contributed by atoms with E-state index in [4.69, 9.17) is 9.47 Å². The van der Waals surface area contributed by atoms with E-state index in [-0.39, 0.29) is 60.5 Å². The van der Waals surface area contributed by atoms with E-state index in [0.29, 0.717) is 23.3 Å². The van der Waals surface area contributed by atoms with E-state index >= 15 is 0 Å². The molecule has 0 unspecified atom stereocenters. The molecule has 1 aliphatic heterocycles. The molecule has 2 fully saturated rings. The predicted molar refractivity (Wildman–Crippen MR) is 205 cm³/mol. The number of methoxy groups -OCH3 is 1. The SMILES string of the molecule is COC(=O)[C@@H](C)C[C@H](Cc1ncc(C(F)(F)F)cn1)NC(=O)c1csc([C@@H](C[C@H](C(C)C)N(C)C(=O)[C@@H](NC(=O)[C@H]2CCCCN2C)[C@@H](C)C2CC2)OC(C)=O)n1. The molecule has 1 saturated carbocycles. The number of likely N-dealkylation sites (tertiary alicyclic amines) is 1. The number of likely N-dealkylation sites (N-methyl/N-ethyl adjacent to an activating group) is 2. The number of esters is 2. The zero-order valence-electron chi connectivity index (χ0n) is 33.9. The molecule has 0 spiro atoms. The monoisotopic (exact) mass is 823 g/mol. The fourth-order valence-corrected chi connectivity index (χ4v) is 8.23. The van der Waals surface area contributed by atoms with Gasteiger partial charge in [-0.2, -0.15) is 13.2 Å². The Morgan fingerprint density at radius 3 is 2.25 bits per heavy atom. The lowest BCUT2D eigenvalue weighted by Gasteiger charge is -2.38. The molecule has 1 aliphatic carbocycles. The van der Waals surface area contributed by atoms with E-state index < -0.39 is 59.7 Å². The summed E-state index contributed by atoms with van der Waals surface area (Å²) >= 11 is 1.09. The maximum absolute atomic E-state index is 14.4. The van der Waals surface area contributed by atoms with Crippen molar-refractivity contribution in [3.8, 4) is 0 Å². The number of ether oxygens (including phenoxy) is 2. The molecule has 2 N–H and O–H groups in total. The fourth-order valence-electron chi connectivity index (χ4n) is 7.39. The lowest BCUT2D eigenvalue weighted by atomic mass is 9.91. The van der Waals surface area contributed by atoms with E-state index in [2.05, 4.69) is 25.6 Å². The van der Waals surface area contributed by atoms with Gasteiger partial charge < -0.3 is 25.0 Å². The van der Waals surface area contributed by atoms with Crippen LogP contribution in [0.3, 0.4) is 0 Å². The standard InChI is InChI=1S/C39H56F3N7O7S/c1-21(2)30(49(7)37(53)33(23(4)25-12-13-25)47-35(52)29-11-9-10-14-48(29)6)17-31(56-24(5)50)36-46-28(20-57-36)34(51)45-27(15-22(3)38(54)55-8)16-32-43-18-26(19-44-32)39(40,41)42/h18-23,25,27,29-31,33H,9-17H2,1-8H3,(H,45,51)(H,47,52)/t22-,23-,27+,29+,30+,31+,33-/m0/s1. The summed E-state index contributed by atoms with van der Waals surface area (Å²) in [4.78, 5) is 82.0. The molecule has 2 aliphatic rings. The number of carbonyl (C=O) groups excluding carboxylic acids is 5. The number of piperidine rings is 1. The number of nitrogens with zero attached hydrogens (tertiary/aromatic N) is 5. The van der Waals surface area contributed by atoms with Crippen LogP contribution in [-0.4, -0.2) is 106 Å². The summed E-state index contributed by atoms with van der Waals surface area (Å²) in [6, 6.07) is -2.30. The minimum absolute atomic E-state index is 0.0181. The molecule has 18 heteroatoms. The Balaban J connectivity index is 1.53. The third-order valence-electron chi connectivity index (χ3n) is 11.0. The summed E-state index contributed by atoms with van der Waals surface area (Å²) < 4.78 is 49.9. The lowest BCUT2D eigenvalue weighted by molar-refractivity contribution is -0.149. The lowest BCUT2D eigenvalue weighted by Crippen LogP contribution is -2.58. The van der Waals surface area contributed by atoms with Crippen molar-refractivity contribution in [2.75, 3.05) is 27.7 Å². The molecule has 4 rings (SSSR count). The van der Waals surface area contributed by atoms with Crippen LogP contribution < -0.4 is 10.6 Å². The topological polar surface area (TPSA) is 173 Å². The number of hydrogen-bond donors (Lipinski definition) is 2. The molecule has 3 heterocycles. The van der Waals surface area contributed by atoms with Crippen LogP contribution in [0.5, 0.6) is 0 Å². The maximum Gasteiger partial charge on any atom is 0.419 e. The van der Waals surface area contributed by atoms with E-state index in [1.54, 1.807) is 18.9 Å². The van der Waals surface area contributed by atoms with E-state index in [1.165, 1.54) is 19.4 Å². The summed E-state index contributed by atoms with van der Waals surface area (Å²) in [6.45, 7) is 9.57. The second-order valence-corrected chi connectivity index (χ2v) is 16.7. The average molecular weight is 824 g/mol. The van der Waals surface area contributed by atoms with Gasteiger partial charge in [-0.05, 0) is 63.5 Å². The summed E-state index contributed by atoms with van der Waals surface area (Å²) in [7, 11) is 4.84. The third-order valence-corrected chi connectivity index (χ3v) is 11.9. The van der Waals surface area contributed by atoms with Crippen molar-refractivity contribution < 1.29 is 46.6 Å². The Morgan fingerprint density at radius 1 is 1.02 bits per heavy atom. The Labute approximate surface area is 336 Å². The minimum Gasteiger partial charge on any atom is -0.469 e. The zero-order chi connectivity index (χ0) is 42.2. The Hall–Kier alpha value is -4.19. The number of rotatable bonds is 18. The van der Waals surface area contributed by atoms with Gasteiger partial charge in [0.15, 0.2) is 6.10 Å². The van der Waals surface area contributed by atoms with Gasteiger partial charge in [0.1, 0.15) is 22.6 Å². The second kappa shape index (κ2) is 20.0. The highest BCUT2D eigenvalue weighted by atomic mass is 32.1. The molecular weight excluding hydrogens is 768 g/mol. The van der Waals surface area contributed by atoms with Crippen LogP contribution in [0, 0.1) is 23.7 Å². The molecule has 0 bridgehead atoms. The number of aromatic nitrogens is 3. The molecule has 57 heavy (non-hydrogen) atoms. The Kier molecular flexibility index (Phi) is 16.0. The number of thiazole rings is 1. The number of amides is 3. The van der Waals surface area contributed by atoms with Gasteiger partial charge in [-0.25, -0.2) is 15.0 Å². The van der Waals surface area contributed by atoms with E-state index in [1.807, 2.05) is 32.7 Å². The molecule has 1 saturated heterocycles. The minimum atomic E-state index is -4.63. The van der Waals surface area contributed by atoms with Crippen LogP contribution in [-0.2, 0) is 41.2 Å². The zero-order valence-corrected chi connectivity index (χ0v) is 34.7. The average Bonchev–Trinajstić information content (AvgIpc) is 3.89. The molecule has 14 nitrogen and oxygen atoms in total. The number of carbonyl (C=O) groups is 5. The van der Waals surface area contributed by atoms with Crippen molar-refractivity contribution in [3.05, 3.63) is 39.9 Å². The van der Waals surface area contributed by atoms with Gasteiger partial charge in [0.2, 0.25) is 11.8 Å². The van der Waals surface area contributed by atoms with Gasteiger partial charge in [0, 0.05) is 56.7 Å². The first-order chi connectivity index (χ1) is 26.8. The van der Waals surface area contributed by atoms with Crippen LogP contribution in [0.1, 0.15) is 113 Å². The van der Waals surface area contributed by atoms with Gasteiger partial charge in [-0.1, -0.05) is 34.1 Å². The highest BCUT2D eigenvalue weighted by molar-refractivity contribution is 7.09. The molecule has 316 valence electrons. The van der Waals surface area contributed by atoms with E-state index in [0.717, 1.165) is 50.0 Å². The molecular formula is C39H56F3N7O7S. The smallest absolute Gasteiger partial charge is 0.419 e. The normalized spacial score (nSPS) is 19.4. The summed E-state index contributed by atoms with van der Waals surface area (Å²) in [5.74, 6) is -2.69. The van der Waals surface area contributed by atoms with Crippen LogP contribution >= 0.6 is 11.3 Å². The van der Waals surface area contributed by atoms with Crippen molar-refractivity contribution in [2.45, 2.75) is 122 Å². The molecule has 0 aromatic carbocycles. The van der Waals surface area contributed by atoms with E-state index in [9.17, 15) is 37.1 Å². The molecule has 2 aromatic rings. The summed E-state index contributed by atoms with van der Waals surface area (Å²) in [5.41, 5.74) is -1.04. The van der Waals surface area contributed by atoms with Gasteiger partial charge in [-0.15, -0.1) is 11.3 Å².